The van der Waals surface area contributed by atoms with Gasteiger partial charge in [0, 0.05) is 29.0 Å². The van der Waals surface area contributed by atoms with Crippen LogP contribution in [0.15, 0.2) is 60.7 Å². The van der Waals surface area contributed by atoms with Crippen molar-refractivity contribution in [2.24, 2.45) is 0 Å². The van der Waals surface area contributed by atoms with Gasteiger partial charge in [0.25, 0.3) is 5.91 Å². The van der Waals surface area contributed by atoms with Gasteiger partial charge in [-0.3, -0.25) is 4.79 Å². The average Bonchev–Trinajstić information content (AvgIpc) is 2.88. The number of aryl methyl sites for hydroxylation is 2. The minimum Gasteiger partial charge on any atom is -0.493 e. The van der Waals surface area contributed by atoms with Crippen LogP contribution in [-0.4, -0.2) is 43.9 Å². The molecule has 6 heteroatoms. The maximum Gasteiger partial charge on any atom is 0.258 e. The zero-order valence-corrected chi connectivity index (χ0v) is 20.7. The third kappa shape index (κ3) is 3.92. The molecule has 0 saturated carbocycles. The number of carbonyl (C=O) groups excluding carboxylic acids is 1. The molecule has 2 heterocycles. The quantitative estimate of drug-likeness (QED) is 0.584. The average molecular weight is 473 g/mol. The second-order valence-electron chi connectivity index (χ2n) is 9.41. The van der Waals surface area contributed by atoms with Gasteiger partial charge in [0.1, 0.15) is 0 Å². The maximum atomic E-state index is 13.8. The highest BCUT2D eigenvalue weighted by atomic mass is 16.5. The molecular weight excluding hydrogens is 440 g/mol. The molecule has 6 nitrogen and oxygen atoms in total. The molecule has 0 fully saturated rings. The Kier molecular flexibility index (Phi) is 6.15. The van der Waals surface area contributed by atoms with Crippen LogP contribution in [0.1, 0.15) is 46.4 Å². The number of anilines is 2. The van der Waals surface area contributed by atoms with E-state index in [1.807, 2.05) is 31.2 Å². The number of carbonyl (C=O) groups is 1. The first kappa shape index (κ1) is 23.2. The van der Waals surface area contributed by atoms with Gasteiger partial charge in [0.15, 0.2) is 11.5 Å². The number of fused-ring (bicyclic) bond motifs is 2. The Balaban J connectivity index is 1.58. The lowest BCUT2D eigenvalue weighted by molar-refractivity contribution is 0.0835. The molecule has 182 valence electrons. The second kappa shape index (κ2) is 9.27. The van der Waals surface area contributed by atoms with Crippen molar-refractivity contribution in [3.8, 4) is 11.5 Å². The van der Waals surface area contributed by atoms with Crippen LogP contribution >= 0.6 is 0 Å². The van der Waals surface area contributed by atoms with E-state index in [9.17, 15) is 9.90 Å². The normalized spacial score (nSPS) is 21.2. The highest BCUT2D eigenvalue weighted by Crippen LogP contribution is 2.45. The zero-order valence-electron chi connectivity index (χ0n) is 20.7. The van der Waals surface area contributed by atoms with Crippen molar-refractivity contribution in [2.45, 2.75) is 44.9 Å². The molecule has 35 heavy (non-hydrogen) atoms. The van der Waals surface area contributed by atoms with Crippen molar-refractivity contribution in [3.63, 3.8) is 0 Å². The third-order valence-corrected chi connectivity index (χ3v) is 7.32. The molecule has 0 saturated heterocycles. The summed E-state index contributed by atoms with van der Waals surface area (Å²) in [6.45, 7) is 4.89. The summed E-state index contributed by atoms with van der Waals surface area (Å²) in [6.07, 6.45) is 1.31. The number of ether oxygens (including phenoxy) is 2. The predicted molar refractivity (Wildman–Crippen MR) is 138 cm³/mol. The number of hydrogen-bond acceptors (Lipinski definition) is 5. The number of benzene rings is 3. The van der Waals surface area contributed by atoms with Crippen LogP contribution < -0.4 is 19.3 Å². The Morgan fingerprint density at radius 1 is 0.971 bits per heavy atom. The number of nitrogens with zero attached hydrogens (tertiary/aromatic N) is 2. The van der Waals surface area contributed by atoms with Gasteiger partial charge in [-0.15, -0.1) is 0 Å². The van der Waals surface area contributed by atoms with Gasteiger partial charge in [-0.25, -0.2) is 0 Å². The summed E-state index contributed by atoms with van der Waals surface area (Å²) in [4.78, 5) is 17.9. The fourth-order valence-electron chi connectivity index (χ4n) is 5.53. The van der Waals surface area contributed by atoms with E-state index in [0.717, 1.165) is 30.6 Å². The van der Waals surface area contributed by atoms with Crippen LogP contribution in [0, 0.1) is 6.92 Å². The molecule has 3 atom stereocenters. The molecule has 3 unspecified atom stereocenters. The van der Waals surface area contributed by atoms with Crippen LogP contribution in [0.3, 0.4) is 0 Å². The van der Waals surface area contributed by atoms with Gasteiger partial charge < -0.3 is 24.4 Å². The van der Waals surface area contributed by atoms with Crippen molar-refractivity contribution in [3.05, 3.63) is 82.9 Å². The molecule has 2 aliphatic heterocycles. The number of amides is 1. The van der Waals surface area contributed by atoms with Crippen molar-refractivity contribution >= 4 is 17.3 Å². The van der Waals surface area contributed by atoms with Crippen LogP contribution in [0.25, 0.3) is 0 Å². The SMILES string of the molecule is COc1ccc(C(=O)N2c3ccccc3C(N3CCCc4ccc(C)cc43)C(O)C2C)cc1OC. The molecule has 1 N–H and O–H groups in total. The van der Waals surface area contributed by atoms with E-state index < -0.39 is 12.1 Å². The maximum absolute atomic E-state index is 13.8. The van der Waals surface area contributed by atoms with Gasteiger partial charge in [-0.2, -0.15) is 0 Å². The first-order chi connectivity index (χ1) is 16.9. The molecule has 0 aliphatic carbocycles. The van der Waals surface area contributed by atoms with E-state index in [1.54, 1.807) is 37.3 Å². The molecule has 0 bridgehead atoms. The summed E-state index contributed by atoms with van der Waals surface area (Å²) in [5, 5.41) is 11.7. The van der Waals surface area contributed by atoms with Crippen molar-refractivity contribution < 1.29 is 19.4 Å². The van der Waals surface area contributed by atoms with Gasteiger partial charge in [-0.1, -0.05) is 30.3 Å². The Labute approximate surface area is 206 Å². The first-order valence-electron chi connectivity index (χ1n) is 12.1. The molecule has 5 rings (SSSR count). The lowest BCUT2D eigenvalue weighted by Crippen LogP contribution is -2.55. The number of methoxy groups -OCH3 is 2. The number of aliphatic hydroxyl groups excluding tert-OH is 1. The zero-order chi connectivity index (χ0) is 24.7. The van der Waals surface area contributed by atoms with E-state index in [1.165, 1.54) is 16.8 Å². The monoisotopic (exact) mass is 472 g/mol. The Bertz CT molecular complexity index is 1260. The molecular formula is C29H32N2O4. The van der Waals surface area contributed by atoms with E-state index in [0.29, 0.717) is 17.1 Å². The first-order valence-corrected chi connectivity index (χ1v) is 12.1. The lowest BCUT2D eigenvalue weighted by atomic mass is 9.85. The van der Waals surface area contributed by atoms with E-state index in [-0.39, 0.29) is 11.9 Å². The number of hydrogen-bond donors (Lipinski definition) is 1. The summed E-state index contributed by atoms with van der Waals surface area (Å²) >= 11 is 0. The highest BCUT2D eigenvalue weighted by Gasteiger charge is 2.44. The van der Waals surface area contributed by atoms with Crippen molar-refractivity contribution in [1.82, 2.24) is 0 Å². The molecule has 1 amide bonds. The molecule has 0 spiro atoms. The largest absolute Gasteiger partial charge is 0.493 e. The minimum absolute atomic E-state index is 0.182. The van der Waals surface area contributed by atoms with Crippen LogP contribution in [0.5, 0.6) is 11.5 Å². The molecule has 0 radical (unpaired) electrons. The Hall–Kier alpha value is -3.51. The van der Waals surface area contributed by atoms with E-state index >= 15 is 0 Å². The van der Waals surface area contributed by atoms with E-state index in [4.69, 9.17) is 9.47 Å². The van der Waals surface area contributed by atoms with Crippen LogP contribution in [0.2, 0.25) is 0 Å². The highest BCUT2D eigenvalue weighted by molar-refractivity contribution is 6.07. The molecule has 3 aromatic rings. The number of rotatable bonds is 4. The fourth-order valence-corrected chi connectivity index (χ4v) is 5.53. The summed E-state index contributed by atoms with van der Waals surface area (Å²) in [6, 6.07) is 19.0. The standard InChI is InChI=1S/C29H32N2O4/c1-18-11-12-20-8-7-15-30(24(20)16-18)27-22-9-5-6-10-23(22)31(19(2)28(27)32)29(33)21-13-14-25(34-3)26(17-21)35-4/h5-6,9-14,16-17,19,27-28,32H,7-8,15H2,1-4H3. The Morgan fingerprint density at radius 3 is 2.51 bits per heavy atom. The van der Waals surface area contributed by atoms with Gasteiger partial charge >= 0.3 is 0 Å². The second-order valence-corrected chi connectivity index (χ2v) is 9.41. The summed E-state index contributed by atoms with van der Waals surface area (Å²) in [7, 11) is 3.12. The smallest absolute Gasteiger partial charge is 0.258 e. The third-order valence-electron chi connectivity index (χ3n) is 7.32. The Morgan fingerprint density at radius 2 is 1.74 bits per heavy atom. The molecule has 0 aromatic heterocycles. The molecule has 2 aliphatic rings. The number of para-hydroxylation sites is 1. The van der Waals surface area contributed by atoms with E-state index in [2.05, 4.69) is 30.0 Å². The van der Waals surface area contributed by atoms with Crippen molar-refractivity contribution in [1.29, 1.82) is 0 Å². The van der Waals surface area contributed by atoms with Crippen LogP contribution in [-0.2, 0) is 6.42 Å². The molecule has 3 aromatic carbocycles. The van der Waals surface area contributed by atoms with Gasteiger partial charge in [0.2, 0.25) is 0 Å². The summed E-state index contributed by atoms with van der Waals surface area (Å²) in [5.41, 5.74) is 5.96. The van der Waals surface area contributed by atoms with Gasteiger partial charge in [-0.05, 0) is 68.1 Å². The fraction of sp³-hybridized carbons (Fsp3) is 0.345. The lowest BCUT2D eigenvalue weighted by Gasteiger charge is -2.48. The minimum atomic E-state index is -0.763. The number of aliphatic hydroxyl groups is 1. The predicted octanol–water partition coefficient (Wildman–Crippen LogP) is 4.92. The summed E-state index contributed by atoms with van der Waals surface area (Å²) < 4.78 is 10.8. The topological polar surface area (TPSA) is 62.2 Å². The summed E-state index contributed by atoms with van der Waals surface area (Å²) in [5.74, 6) is 0.878. The van der Waals surface area contributed by atoms with Gasteiger partial charge in [0.05, 0.1) is 32.4 Å². The van der Waals surface area contributed by atoms with Crippen molar-refractivity contribution in [2.75, 3.05) is 30.6 Å². The van der Waals surface area contributed by atoms with Crippen LogP contribution in [0.4, 0.5) is 11.4 Å².